The van der Waals surface area contributed by atoms with E-state index in [1.807, 2.05) is 30.3 Å². The predicted octanol–water partition coefficient (Wildman–Crippen LogP) is 3.22. The zero-order chi connectivity index (χ0) is 14.9. The minimum absolute atomic E-state index is 0.136. The van der Waals surface area contributed by atoms with Crippen LogP contribution in [0.15, 0.2) is 36.5 Å². The van der Waals surface area contributed by atoms with Gasteiger partial charge in [0.15, 0.2) is 11.5 Å². The summed E-state index contributed by atoms with van der Waals surface area (Å²) in [4.78, 5) is 13.1. The average Bonchev–Trinajstić information content (AvgIpc) is 3.24. The van der Waals surface area contributed by atoms with Crippen molar-refractivity contribution >= 4 is 5.78 Å². The number of rotatable bonds is 6. The molecule has 1 fully saturated rings. The number of aromatic nitrogens is 2. The van der Waals surface area contributed by atoms with E-state index in [4.69, 9.17) is 4.74 Å². The normalized spacial score (nSPS) is 15.7. The maximum atomic E-state index is 13.1. The van der Waals surface area contributed by atoms with Gasteiger partial charge in [0.1, 0.15) is 5.69 Å². The van der Waals surface area contributed by atoms with Crippen molar-refractivity contribution in [3.63, 3.8) is 0 Å². The van der Waals surface area contributed by atoms with E-state index in [2.05, 4.69) is 12.0 Å². The van der Waals surface area contributed by atoms with Crippen LogP contribution in [0.2, 0.25) is 0 Å². The largest absolute Gasteiger partial charge is 0.493 e. The Morgan fingerprint density at radius 3 is 2.62 bits per heavy atom. The Morgan fingerprint density at radius 2 is 2.05 bits per heavy atom. The molecule has 0 amide bonds. The maximum absolute atomic E-state index is 13.1. The third kappa shape index (κ3) is 2.24. The van der Waals surface area contributed by atoms with Gasteiger partial charge in [0.2, 0.25) is 0 Å². The second-order valence-corrected chi connectivity index (χ2v) is 5.56. The third-order valence-electron chi connectivity index (χ3n) is 4.19. The number of ketones is 1. The molecule has 1 aromatic carbocycles. The highest BCUT2D eigenvalue weighted by Crippen LogP contribution is 2.51. The molecule has 1 aliphatic carbocycles. The average molecular weight is 284 g/mol. The summed E-state index contributed by atoms with van der Waals surface area (Å²) < 4.78 is 7.13. The van der Waals surface area contributed by atoms with Gasteiger partial charge in [-0.05, 0) is 24.8 Å². The van der Waals surface area contributed by atoms with Crippen LogP contribution in [0.3, 0.4) is 0 Å². The van der Waals surface area contributed by atoms with Gasteiger partial charge in [-0.15, -0.1) is 0 Å². The Kier molecular flexibility index (Phi) is 3.53. The number of carbonyl (C=O) groups is 1. The zero-order valence-electron chi connectivity index (χ0n) is 12.5. The molecule has 1 saturated carbocycles. The van der Waals surface area contributed by atoms with Crippen molar-refractivity contribution in [1.29, 1.82) is 0 Å². The molecular weight excluding hydrogens is 264 g/mol. The van der Waals surface area contributed by atoms with Gasteiger partial charge in [-0.1, -0.05) is 37.3 Å². The number of aryl methyl sites for hydroxylation is 1. The van der Waals surface area contributed by atoms with Crippen LogP contribution >= 0.6 is 0 Å². The first kappa shape index (κ1) is 13.9. The topological polar surface area (TPSA) is 44.1 Å². The second-order valence-electron chi connectivity index (χ2n) is 5.56. The van der Waals surface area contributed by atoms with Crippen molar-refractivity contribution in [2.24, 2.45) is 0 Å². The third-order valence-corrected chi connectivity index (χ3v) is 4.19. The summed E-state index contributed by atoms with van der Waals surface area (Å²) in [5, 5.41) is 4.30. The Balaban J connectivity index is 2.01. The van der Waals surface area contributed by atoms with Crippen LogP contribution in [0, 0.1) is 0 Å². The van der Waals surface area contributed by atoms with Crippen molar-refractivity contribution in [1.82, 2.24) is 9.78 Å². The lowest BCUT2D eigenvalue weighted by molar-refractivity contribution is 0.0931. The van der Waals surface area contributed by atoms with Crippen LogP contribution in [0.4, 0.5) is 0 Å². The molecule has 0 atom stereocenters. The molecule has 110 valence electrons. The fraction of sp³-hybridized carbons (Fsp3) is 0.412. The monoisotopic (exact) mass is 284 g/mol. The van der Waals surface area contributed by atoms with E-state index in [1.54, 1.807) is 18.0 Å². The second kappa shape index (κ2) is 5.35. The highest BCUT2D eigenvalue weighted by molar-refractivity contribution is 6.06. The molecule has 0 bridgehead atoms. The zero-order valence-corrected chi connectivity index (χ0v) is 12.5. The lowest BCUT2D eigenvalue weighted by Crippen LogP contribution is -2.24. The molecule has 0 saturated heterocycles. The standard InChI is InChI=1S/C17H20N2O2/c1-3-11-19-15(14(21-2)12-18-19)16(20)17(9-10-17)13-7-5-4-6-8-13/h4-8,12H,3,9-11H2,1-2H3. The van der Waals surface area contributed by atoms with E-state index < -0.39 is 0 Å². The van der Waals surface area contributed by atoms with Crippen LogP contribution in [-0.4, -0.2) is 22.7 Å². The molecule has 1 heterocycles. The molecule has 0 unspecified atom stereocenters. The molecule has 4 heteroatoms. The molecule has 2 aromatic rings. The highest BCUT2D eigenvalue weighted by Gasteiger charge is 2.52. The number of methoxy groups -OCH3 is 1. The van der Waals surface area contributed by atoms with Crippen LogP contribution in [-0.2, 0) is 12.0 Å². The lowest BCUT2D eigenvalue weighted by atomic mass is 9.89. The highest BCUT2D eigenvalue weighted by atomic mass is 16.5. The van der Waals surface area contributed by atoms with Crippen molar-refractivity contribution in [3.8, 4) is 5.75 Å². The quantitative estimate of drug-likeness (QED) is 0.765. The fourth-order valence-corrected chi connectivity index (χ4v) is 2.88. The molecule has 1 aliphatic rings. The predicted molar refractivity (Wildman–Crippen MR) is 80.8 cm³/mol. The molecule has 4 nitrogen and oxygen atoms in total. The molecule has 0 aliphatic heterocycles. The van der Waals surface area contributed by atoms with Gasteiger partial charge < -0.3 is 4.74 Å². The van der Waals surface area contributed by atoms with Gasteiger partial charge >= 0.3 is 0 Å². The number of hydrogen-bond acceptors (Lipinski definition) is 3. The molecule has 3 rings (SSSR count). The van der Waals surface area contributed by atoms with E-state index in [0.29, 0.717) is 11.4 Å². The van der Waals surface area contributed by atoms with Gasteiger partial charge in [-0.3, -0.25) is 9.48 Å². The Bertz CT molecular complexity index is 642. The Labute approximate surface area is 124 Å². The SMILES string of the molecule is CCCn1ncc(OC)c1C(=O)C1(c2ccccc2)CC1. The van der Waals surface area contributed by atoms with E-state index >= 15 is 0 Å². The number of ether oxygens (including phenoxy) is 1. The van der Waals surface area contributed by atoms with Gasteiger partial charge in [0, 0.05) is 6.54 Å². The van der Waals surface area contributed by atoms with Gasteiger partial charge in [0.25, 0.3) is 0 Å². The minimum Gasteiger partial charge on any atom is -0.493 e. The number of hydrogen-bond donors (Lipinski definition) is 0. The van der Waals surface area contributed by atoms with Crippen molar-refractivity contribution < 1.29 is 9.53 Å². The minimum atomic E-state index is -0.375. The van der Waals surface area contributed by atoms with E-state index in [0.717, 1.165) is 31.4 Å². The summed E-state index contributed by atoms with van der Waals surface area (Å²) in [5.74, 6) is 0.715. The first-order chi connectivity index (χ1) is 10.2. The molecular formula is C17H20N2O2. The van der Waals surface area contributed by atoms with Crippen LogP contribution in [0.1, 0.15) is 42.2 Å². The molecule has 0 spiro atoms. The Hall–Kier alpha value is -2.10. The number of carbonyl (C=O) groups excluding carboxylic acids is 1. The van der Waals surface area contributed by atoms with Gasteiger partial charge in [-0.25, -0.2) is 0 Å². The number of Topliss-reactive ketones (excluding diaryl/α,β-unsaturated/α-hetero) is 1. The summed E-state index contributed by atoms with van der Waals surface area (Å²) in [6.07, 6.45) is 4.38. The van der Waals surface area contributed by atoms with Crippen molar-refractivity contribution in [2.45, 2.75) is 38.1 Å². The lowest BCUT2D eigenvalue weighted by Gasteiger charge is -2.16. The summed E-state index contributed by atoms with van der Waals surface area (Å²) in [6, 6.07) is 10.0. The van der Waals surface area contributed by atoms with Gasteiger partial charge in [-0.2, -0.15) is 5.10 Å². The van der Waals surface area contributed by atoms with E-state index in [9.17, 15) is 4.79 Å². The van der Waals surface area contributed by atoms with E-state index in [1.165, 1.54) is 0 Å². The molecule has 21 heavy (non-hydrogen) atoms. The molecule has 1 aromatic heterocycles. The summed E-state index contributed by atoms with van der Waals surface area (Å²) >= 11 is 0. The first-order valence-electron chi connectivity index (χ1n) is 7.43. The van der Waals surface area contributed by atoms with Crippen molar-refractivity contribution in [3.05, 3.63) is 47.8 Å². The smallest absolute Gasteiger partial charge is 0.195 e. The maximum Gasteiger partial charge on any atom is 0.195 e. The first-order valence-corrected chi connectivity index (χ1v) is 7.43. The number of nitrogens with zero attached hydrogens (tertiary/aromatic N) is 2. The van der Waals surface area contributed by atoms with Crippen LogP contribution < -0.4 is 4.74 Å². The number of benzene rings is 1. The summed E-state index contributed by atoms with van der Waals surface area (Å²) in [6.45, 7) is 2.81. The molecule has 0 radical (unpaired) electrons. The van der Waals surface area contributed by atoms with Crippen molar-refractivity contribution in [2.75, 3.05) is 7.11 Å². The Morgan fingerprint density at radius 1 is 1.33 bits per heavy atom. The summed E-state index contributed by atoms with van der Waals surface area (Å²) in [7, 11) is 1.59. The fourth-order valence-electron chi connectivity index (χ4n) is 2.88. The molecule has 0 N–H and O–H groups in total. The van der Waals surface area contributed by atoms with Gasteiger partial charge in [0.05, 0.1) is 18.7 Å². The van der Waals surface area contributed by atoms with E-state index in [-0.39, 0.29) is 11.2 Å². The van der Waals surface area contributed by atoms with Crippen LogP contribution in [0.5, 0.6) is 5.75 Å². The summed E-state index contributed by atoms with van der Waals surface area (Å²) in [5.41, 5.74) is 1.34. The van der Waals surface area contributed by atoms with Crippen LogP contribution in [0.25, 0.3) is 0 Å².